The number of nitrogens with one attached hydrogen (secondary N) is 2. The molecule has 8 nitrogen and oxygen atoms in total. The average Bonchev–Trinajstić information content (AvgIpc) is 3.34. The van der Waals surface area contributed by atoms with E-state index >= 15 is 0 Å². The highest BCUT2D eigenvalue weighted by atomic mass is 35.5. The van der Waals surface area contributed by atoms with Crippen LogP contribution in [-0.4, -0.2) is 51.0 Å². The third-order valence-corrected chi connectivity index (χ3v) is 5.05. The van der Waals surface area contributed by atoms with Gasteiger partial charge in [-0.25, -0.2) is 4.68 Å². The molecular weight excluding hydrogens is 390 g/mol. The van der Waals surface area contributed by atoms with E-state index in [2.05, 4.69) is 26.4 Å². The second-order valence-electron chi connectivity index (χ2n) is 6.96. The zero-order chi connectivity index (χ0) is 19.8. The number of aryl methyl sites for hydroxylation is 1. The third-order valence-electron chi connectivity index (χ3n) is 4.85. The van der Waals surface area contributed by atoms with Crippen molar-refractivity contribution in [1.82, 2.24) is 24.7 Å². The summed E-state index contributed by atoms with van der Waals surface area (Å²) in [5.74, 6) is 1.48. The lowest BCUT2D eigenvalue weighted by Crippen LogP contribution is -2.37. The molecule has 0 saturated carbocycles. The van der Waals surface area contributed by atoms with Crippen LogP contribution in [0, 0.1) is 6.92 Å². The van der Waals surface area contributed by atoms with Crippen molar-refractivity contribution in [2.75, 3.05) is 36.5 Å². The van der Waals surface area contributed by atoms with E-state index in [1.54, 1.807) is 17.1 Å². The molecule has 5 rings (SSSR count). The highest BCUT2D eigenvalue weighted by Gasteiger charge is 2.18. The monoisotopic (exact) mass is 409 g/mol. The highest BCUT2D eigenvalue weighted by Crippen LogP contribution is 2.28. The van der Waals surface area contributed by atoms with Crippen molar-refractivity contribution in [2.45, 2.75) is 6.92 Å². The van der Waals surface area contributed by atoms with E-state index in [0.29, 0.717) is 24.2 Å². The molecule has 3 aromatic heterocycles. The predicted molar refractivity (Wildman–Crippen MR) is 114 cm³/mol. The Morgan fingerprint density at radius 3 is 2.66 bits per heavy atom. The number of ether oxygens (including phenoxy) is 1. The van der Waals surface area contributed by atoms with Crippen LogP contribution in [0.1, 0.15) is 5.69 Å². The molecule has 1 saturated heterocycles. The van der Waals surface area contributed by atoms with Gasteiger partial charge >= 0.3 is 0 Å². The number of aromatic nitrogens is 5. The second-order valence-corrected chi connectivity index (χ2v) is 7.40. The number of anilines is 3. The van der Waals surface area contributed by atoms with Gasteiger partial charge in [-0.05, 0) is 37.3 Å². The molecular formula is C20H20ClN7O. The third kappa shape index (κ3) is 3.64. The van der Waals surface area contributed by atoms with Crippen LogP contribution in [0.5, 0.6) is 0 Å². The molecule has 0 radical (unpaired) electrons. The molecule has 148 valence electrons. The fourth-order valence-corrected chi connectivity index (χ4v) is 3.54. The molecule has 0 aliphatic carbocycles. The Bertz CT molecular complexity index is 1150. The molecule has 4 heterocycles. The number of morpholine rings is 1. The number of fused-ring (bicyclic) bond motifs is 1. The van der Waals surface area contributed by atoms with Crippen molar-refractivity contribution in [1.29, 1.82) is 0 Å². The summed E-state index contributed by atoms with van der Waals surface area (Å²) in [6.45, 7) is 4.96. The molecule has 1 aliphatic rings. The Kier molecular flexibility index (Phi) is 4.57. The van der Waals surface area contributed by atoms with Crippen LogP contribution in [0.3, 0.4) is 0 Å². The first-order valence-corrected chi connectivity index (χ1v) is 9.81. The van der Waals surface area contributed by atoms with Gasteiger partial charge in [0.25, 0.3) is 0 Å². The molecule has 0 atom stereocenters. The van der Waals surface area contributed by atoms with Gasteiger partial charge in [-0.15, -0.1) is 0 Å². The summed E-state index contributed by atoms with van der Waals surface area (Å²) in [5, 5.41) is 9.24. The minimum absolute atomic E-state index is 0.606. The standard InChI is InChI=1S/C20H20ClN7O/c1-13-10-17-18(23-13)25-20(27-6-8-29-9-7-27)26-19(17)24-15-2-4-16(5-3-15)28-12-14(21)11-22-28/h2-5,10-12H,6-9H2,1H3,(H2,23,24,25,26). The number of H-pyrrole nitrogens is 1. The summed E-state index contributed by atoms with van der Waals surface area (Å²) in [7, 11) is 0. The Morgan fingerprint density at radius 2 is 1.93 bits per heavy atom. The molecule has 0 spiro atoms. The number of halogens is 1. The summed E-state index contributed by atoms with van der Waals surface area (Å²) >= 11 is 5.96. The Hall–Kier alpha value is -3.10. The lowest BCUT2D eigenvalue weighted by atomic mass is 10.2. The molecule has 1 aliphatic heterocycles. The van der Waals surface area contributed by atoms with Gasteiger partial charge in [0.05, 0.1) is 35.5 Å². The van der Waals surface area contributed by atoms with Gasteiger partial charge in [-0.2, -0.15) is 15.1 Å². The minimum atomic E-state index is 0.606. The van der Waals surface area contributed by atoms with E-state index < -0.39 is 0 Å². The van der Waals surface area contributed by atoms with Gasteiger partial charge in [0.1, 0.15) is 11.5 Å². The van der Waals surface area contributed by atoms with E-state index in [9.17, 15) is 0 Å². The summed E-state index contributed by atoms with van der Waals surface area (Å²) in [4.78, 5) is 15.0. The molecule has 4 aromatic rings. The van der Waals surface area contributed by atoms with Crippen LogP contribution in [0.25, 0.3) is 16.7 Å². The van der Waals surface area contributed by atoms with Gasteiger partial charge in [-0.3, -0.25) is 0 Å². The fraction of sp³-hybridized carbons (Fsp3) is 0.250. The first-order chi connectivity index (χ1) is 14.2. The molecule has 0 bridgehead atoms. The normalized spacial score (nSPS) is 14.5. The van der Waals surface area contributed by atoms with Gasteiger partial charge < -0.3 is 19.9 Å². The maximum absolute atomic E-state index is 5.96. The van der Waals surface area contributed by atoms with Crippen molar-refractivity contribution >= 4 is 40.1 Å². The molecule has 0 unspecified atom stereocenters. The quantitative estimate of drug-likeness (QED) is 0.535. The second kappa shape index (κ2) is 7.38. The van der Waals surface area contributed by atoms with Crippen molar-refractivity contribution in [3.63, 3.8) is 0 Å². The largest absolute Gasteiger partial charge is 0.378 e. The van der Waals surface area contributed by atoms with E-state index in [1.807, 2.05) is 31.2 Å². The van der Waals surface area contributed by atoms with Crippen LogP contribution in [0.4, 0.5) is 17.5 Å². The number of aromatic amines is 1. The number of rotatable bonds is 4. The van der Waals surface area contributed by atoms with Crippen LogP contribution in [0.15, 0.2) is 42.7 Å². The number of benzene rings is 1. The summed E-state index contributed by atoms with van der Waals surface area (Å²) in [6.07, 6.45) is 3.39. The molecule has 1 aromatic carbocycles. The van der Waals surface area contributed by atoms with Gasteiger partial charge in [0.2, 0.25) is 5.95 Å². The van der Waals surface area contributed by atoms with Crippen LogP contribution >= 0.6 is 11.6 Å². The first kappa shape index (κ1) is 18.0. The first-order valence-electron chi connectivity index (χ1n) is 9.43. The topological polar surface area (TPSA) is 83.9 Å². The minimum Gasteiger partial charge on any atom is -0.378 e. The fourth-order valence-electron chi connectivity index (χ4n) is 3.41. The van der Waals surface area contributed by atoms with Crippen LogP contribution in [-0.2, 0) is 4.74 Å². The van der Waals surface area contributed by atoms with Crippen molar-refractivity contribution < 1.29 is 4.74 Å². The molecule has 2 N–H and O–H groups in total. The number of hydrogen-bond donors (Lipinski definition) is 2. The van der Waals surface area contributed by atoms with E-state index in [0.717, 1.165) is 47.0 Å². The highest BCUT2D eigenvalue weighted by molar-refractivity contribution is 6.30. The van der Waals surface area contributed by atoms with Crippen molar-refractivity contribution in [3.05, 3.63) is 53.4 Å². The summed E-state index contributed by atoms with van der Waals surface area (Å²) in [5.41, 5.74) is 3.73. The maximum Gasteiger partial charge on any atom is 0.229 e. The molecule has 29 heavy (non-hydrogen) atoms. The molecule has 9 heteroatoms. The van der Waals surface area contributed by atoms with Crippen LogP contribution < -0.4 is 10.2 Å². The Balaban J connectivity index is 1.47. The smallest absolute Gasteiger partial charge is 0.229 e. The van der Waals surface area contributed by atoms with Crippen LogP contribution in [0.2, 0.25) is 5.02 Å². The summed E-state index contributed by atoms with van der Waals surface area (Å²) in [6, 6.07) is 10.0. The average molecular weight is 410 g/mol. The van der Waals surface area contributed by atoms with Gasteiger partial charge in [0.15, 0.2) is 0 Å². The Morgan fingerprint density at radius 1 is 1.14 bits per heavy atom. The van der Waals surface area contributed by atoms with E-state index in [4.69, 9.17) is 26.3 Å². The van der Waals surface area contributed by atoms with Crippen molar-refractivity contribution in [2.24, 2.45) is 0 Å². The molecule has 1 fully saturated rings. The zero-order valence-corrected chi connectivity index (χ0v) is 16.6. The van der Waals surface area contributed by atoms with E-state index in [1.165, 1.54) is 0 Å². The molecule has 0 amide bonds. The Labute approximate surface area is 172 Å². The maximum atomic E-state index is 5.96. The van der Waals surface area contributed by atoms with Crippen molar-refractivity contribution in [3.8, 4) is 5.69 Å². The summed E-state index contributed by atoms with van der Waals surface area (Å²) < 4.78 is 7.19. The zero-order valence-electron chi connectivity index (χ0n) is 15.9. The number of nitrogens with zero attached hydrogens (tertiary/aromatic N) is 5. The SMILES string of the molecule is Cc1cc2c(Nc3ccc(-n4cc(Cl)cn4)cc3)nc(N3CCOCC3)nc2[nH]1. The number of hydrogen-bond acceptors (Lipinski definition) is 6. The van der Waals surface area contributed by atoms with Gasteiger partial charge in [0, 0.05) is 30.7 Å². The van der Waals surface area contributed by atoms with Gasteiger partial charge in [-0.1, -0.05) is 11.6 Å². The lowest BCUT2D eigenvalue weighted by molar-refractivity contribution is 0.122. The van der Waals surface area contributed by atoms with E-state index in [-0.39, 0.29) is 0 Å². The predicted octanol–water partition coefficient (Wildman–Crippen LogP) is 3.69. The lowest BCUT2D eigenvalue weighted by Gasteiger charge is -2.27.